The van der Waals surface area contributed by atoms with Crippen molar-refractivity contribution in [1.82, 2.24) is 0 Å². The number of phenolic OH excluding ortho intramolecular Hbond substituents is 5. The molecule has 0 unspecified atom stereocenters. The van der Waals surface area contributed by atoms with Gasteiger partial charge in [-0.3, -0.25) is 9.59 Å². The minimum absolute atomic E-state index is 0.0180. The van der Waals surface area contributed by atoms with Crippen LogP contribution in [0, 0.1) is 11.8 Å². The molecule has 266 valence electrons. The molecule has 0 radical (unpaired) electrons. The largest absolute Gasteiger partial charge is 0.508 e. The molecule has 0 aromatic heterocycles. The van der Waals surface area contributed by atoms with Gasteiger partial charge in [-0.1, -0.05) is 24.3 Å². The number of fused-ring (bicyclic) bond motifs is 2. The number of hydrogen-bond donors (Lipinski definition) is 9. The molecule has 0 saturated carbocycles. The first kappa shape index (κ1) is 33.9. The first-order chi connectivity index (χ1) is 24.4. The van der Waals surface area contributed by atoms with Crippen LogP contribution in [0.15, 0.2) is 72.8 Å². The van der Waals surface area contributed by atoms with Crippen molar-refractivity contribution in [1.29, 1.82) is 0 Å². The maximum Gasteiger partial charge on any atom is 0.316 e. The number of carbonyl (C=O) groups is 2. The lowest BCUT2D eigenvalue weighted by Gasteiger charge is -2.42. The molecule has 4 aromatic carbocycles. The molecule has 3 aliphatic rings. The van der Waals surface area contributed by atoms with E-state index in [0.717, 1.165) is 18.2 Å². The fourth-order valence-electron chi connectivity index (χ4n) is 7.15. The van der Waals surface area contributed by atoms with Crippen LogP contribution >= 0.6 is 0 Å². The average Bonchev–Trinajstić information content (AvgIpc) is 3.08. The summed E-state index contributed by atoms with van der Waals surface area (Å²) in [4.78, 5) is 28.3. The van der Waals surface area contributed by atoms with Gasteiger partial charge in [0.15, 0.2) is 0 Å². The zero-order valence-electron chi connectivity index (χ0n) is 26.3. The number of benzene rings is 4. The summed E-state index contributed by atoms with van der Waals surface area (Å²) in [5.41, 5.74) is 0.821. The first-order valence-electron chi connectivity index (χ1n) is 15.8. The van der Waals surface area contributed by atoms with Crippen LogP contribution in [-0.4, -0.2) is 95.2 Å². The standard InChI is InChI=1S/C36H32O15/c37-13-24-31(43)32(44)33(45)36(51-24)48-19-11-21(42)28-23(12-19)50-35(47)30(26(28)15-3-7-17(39)8-4-15)29-25(14-1-5-16(38)6-2-14)27-20(41)9-18(40)10-22(27)49-34(29)46/h1-12,24-26,29-33,36-45H,13H2/t24-,25+,26+,29-,30-,31-,32+,33-,36-/m1/s1. The van der Waals surface area contributed by atoms with E-state index in [9.17, 15) is 55.5 Å². The molecule has 0 bridgehead atoms. The number of aromatic hydroxyl groups is 5. The molecule has 9 N–H and O–H groups in total. The molecule has 1 saturated heterocycles. The van der Waals surface area contributed by atoms with Gasteiger partial charge in [0.2, 0.25) is 6.29 Å². The number of esters is 2. The van der Waals surface area contributed by atoms with E-state index in [1.165, 1.54) is 54.6 Å². The van der Waals surface area contributed by atoms with Gasteiger partial charge in [-0.2, -0.15) is 0 Å². The van der Waals surface area contributed by atoms with Crippen LogP contribution in [0.4, 0.5) is 0 Å². The number of phenols is 5. The summed E-state index contributed by atoms with van der Waals surface area (Å²) < 4.78 is 22.5. The second kappa shape index (κ2) is 12.9. The molecule has 3 aliphatic heterocycles. The second-order valence-electron chi connectivity index (χ2n) is 12.6. The van der Waals surface area contributed by atoms with Gasteiger partial charge < -0.3 is 64.9 Å². The molecule has 3 heterocycles. The normalized spacial score (nSPS) is 28.6. The fourth-order valence-corrected chi connectivity index (χ4v) is 7.15. The zero-order valence-corrected chi connectivity index (χ0v) is 26.3. The minimum Gasteiger partial charge on any atom is -0.508 e. The van der Waals surface area contributed by atoms with Crippen molar-refractivity contribution in [3.63, 3.8) is 0 Å². The Labute approximate surface area is 288 Å². The summed E-state index contributed by atoms with van der Waals surface area (Å²) in [7, 11) is 0. The van der Waals surface area contributed by atoms with Gasteiger partial charge in [0.05, 0.1) is 18.4 Å². The van der Waals surface area contributed by atoms with Gasteiger partial charge in [0.25, 0.3) is 0 Å². The zero-order chi connectivity index (χ0) is 36.3. The third-order valence-corrected chi connectivity index (χ3v) is 9.50. The van der Waals surface area contributed by atoms with E-state index >= 15 is 0 Å². The topological polar surface area (TPSA) is 253 Å². The van der Waals surface area contributed by atoms with Crippen LogP contribution in [0.25, 0.3) is 0 Å². The molecule has 9 atom stereocenters. The number of aliphatic hydroxyl groups excluding tert-OH is 4. The van der Waals surface area contributed by atoms with Crippen molar-refractivity contribution in [2.45, 2.75) is 42.5 Å². The predicted molar refractivity (Wildman–Crippen MR) is 170 cm³/mol. The van der Waals surface area contributed by atoms with E-state index < -0.39 is 84.4 Å². The second-order valence-corrected chi connectivity index (χ2v) is 12.6. The highest BCUT2D eigenvalue weighted by molar-refractivity contribution is 5.91. The molecule has 0 aliphatic carbocycles. The molecule has 0 spiro atoms. The molecule has 15 nitrogen and oxygen atoms in total. The summed E-state index contributed by atoms with van der Waals surface area (Å²) >= 11 is 0. The number of ether oxygens (including phenoxy) is 4. The van der Waals surface area contributed by atoms with Gasteiger partial charge in [-0.25, -0.2) is 0 Å². The predicted octanol–water partition coefficient (Wildman–Crippen LogP) is 1.43. The molecule has 7 rings (SSSR count). The Kier molecular flexibility index (Phi) is 8.61. The minimum atomic E-state index is -1.78. The summed E-state index contributed by atoms with van der Waals surface area (Å²) in [5, 5.41) is 93.3. The highest BCUT2D eigenvalue weighted by atomic mass is 16.7. The molecular weight excluding hydrogens is 672 g/mol. The van der Waals surface area contributed by atoms with E-state index in [4.69, 9.17) is 18.9 Å². The van der Waals surface area contributed by atoms with Crippen LogP contribution in [0.5, 0.6) is 46.0 Å². The van der Waals surface area contributed by atoms with Crippen molar-refractivity contribution in [2.24, 2.45) is 11.8 Å². The quantitative estimate of drug-likeness (QED) is 0.102. The van der Waals surface area contributed by atoms with Crippen molar-refractivity contribution in [3.05, 3.63) is 95.1 Å². The maximum atomic E-state index is 14.3. The number of hydrogen-bond acceptors (Lipinski definition) is 15. The molecular formula is C36H32O15. The SMILES string of the molecule is O=C1Oc2cc(O)cc(O)c2[C@H](c2ccc(O)cc2)[C@@H]1[C@@H]1C(=O)Oc2cc(O[C@@H]3O[C@H](CO)[C@@H](O)[C@H](O)[C@H]3O)cc(O)c2[C@@H]1c1ccc(O)cc1. The molecule has 4 aromatic rings. The smallest absolute Gasteiger partial charge is 0.316 e. The molecule has 1 fully saturated rings. The highest BCUT2D eigenvalue weighted by Gasteiger charge is 2.54. The van der Waals surface area contributed by atoms with Crippen LogP contribution < -0.4 is 14.2 Å². The van der Waals surface area contributed by atoms with Crippen molar-refractivity contribution >= 4 is 11.9 Å². The Morgan fingerprint density at radius 2 is 1.08 bits per heavy atom. The molecule has 15 heteroatoms. The summed E-state index contributed by atoms with van der Waals surface area (Å²) in [5.74, 6) is -9.18. The Balaban J connectivity index is 1.36. The van der Waals surface area contributed by atoms with Gasteiger partial charge >= 0.3 is 11.9 Å². The molecule has 51 heavy (non-hydrogen) atoms. The van der Waals surface area contributed by atoms with Crippen LogP contribution in [0.1, 0.15) is 34.1 Å². The van der Waals surface area contributed by atoms with Crippen molar-refractivity contribution in [3.8, 4) is 46.0 Å². The Morgan fingerprint density at radius 1 is 0.588 bits per heavy atom. The first-order valence-corrected chi connectivity index (χ1v) is 15.8. The Morgan fingerprint density at radius 3 is 1.59 bits per heavy atom. The number of rotatable bonds is 6. The van der Waals surface area contributed by atoms with Crippen LogP contribution in [0.3, 0.4) is 0 Å². The average molecular weight is 705 g/mol. The van der Waals surface area contributed by atoms with E-state index in [0.29, 0.717) is 11.1 Å². The van der Waals surface area contributed by atoms with Gasteiger partial charge in [-0.05, 0) is 35.4 Å². The van der Waals surface area contributed by atoms with E-state index in [2.05, 4.69) is 0 Å². The van der Waals surface area contributed by atoms with E-state index in [-0.39, 0.29) is 45.6 Å². The lowest BCUT2D eigenvalue weighted by molar-refractivity contribution is -0.277. The van der Waals surface area contributed by atoms with Crippen LogP contribution in [0.2, 0.25) is 0 Å². The maximum absolute atomic E-state index is 14.3. The van der Waals surface area contributed by atoms with Gasteiger partial charge in [-0.15, -0.1) is 0 Å². The monoisotopic (exact) mass is 704 g/mol. The van der Waals surface area contributed by atoms with Crippen LogP contribution in [-0.2, 0) is 14.3 Å². The third-order valence-electron chi connectivity index (χ3n) is 9.50. The third kappa shape index (κ3) is 5.90. The highest BCUT2D eigenvalue weighted by Crippen LogP contribution is 2.57. The fraction of sp³-hybridized carbons (Fsp3) is 0.278. The van der Waals surface area contributed by atoms with Crippen molar-refractivity contribution in [2.75, 3.05) is 6.61 Å². The van der Waals surface area contributed by atoms with E-state index in [1.54, 1.807) is 0 Å². The Bertz CT molecular complexity index is 1980. The summed E-state index contributed by atoms with van der Waals surface area (Å²) in [6, 6.07) is 15.9. The van der Waals surface area contributed by atoms with Gasteiger partial charge in [0, 0.05) is 47.2 Å². The summed E-state index contributed by atoms with van der Waals surface area (Å²) in [6.07, 6.45) is -8.11. The van der Waals surface area contributed by atoms with E-state index in [1.807, 2.05) is 0 Å². The number of aliphatic hydroxyl groups is 4. The molecule has 0 amide bonds. The lowest BCUT2D eigenvalue weighted by atomic mass is 9.65. The lowest BCUT2D eigenvalue weighted by Crippen LogP contribution is -2.60. The van der Waals surface area contributed by atoms with Crippen molar-refractivity contribution < 1.29 is 74.5 Å². The number of carbonyl (C=O) groups excluding carboxylic acids is 2. The summed E-state index contributed by atoms with van der Waals surface area (Å²) in [6.45, 7) is -0.717. The Hall–Kier alpha value is -5.58. The van der Waals surface area contributed by atoms with Gasteiger partial charge in [0.1, 0.15) is 70.4 Å².